The van der Waals surface area contributed by atoms with E-state index in [1.165, 1.54) is 29.1 Å². The van der Waals surface area contributed by atoms with Crippen LogP contribution in [0, 0.1) is 12.8 Å². The Morgan fingerprint density at radius 3 is 2.63 bits per heavy atom. The fourth-order valence-electron chi connectivity index (χ4n) is 3.19. The van der Waals surface area contributed by atoms with E-state index in [0.717, 1.165) is 38.3 Å². The van der Waals surface area contributed by atoms with E-state index in [1.54, 1.807) is 11.3 Å². The van der Waals surface area contributed by atoms with Gasteiger partial charge in [0.1, 0.15) is 0 Å². The van der Waals surface area contributed by atoms with Crippen LogP contribution < -0.4 is 11.1 Å². The molecule has 1 aliphatic heterocycles. The third kappa shape index (κ3) is 7.04. The SMILES string of the molecule is CCc1nc(CN2CCC(CN=C(N)Nc3ccc(C)cc3)CC2)cs1.I. The minimum absolute atomic E-state index is 0. The van der Waals surface area contributed by atoms with Crippen molar-refractivity contribution < 1.29 is 0 Å². The molecule has 0 aliphatic carbocycles. The lowest BCUT2D eigenvalue weighted by Crippen LogP contribution is -2.34. The van der Waals surface area contributed by atoms with Gasteiger partial charge >= 0.3 is 0 Å². The molecule has 0 bridgehead atoms. The van der Waals surface area contributed by atoms with E-state index in [1.807, 2.05) is 12.1 Å². The smallest absolute Gasteiger partial charge is 0.193 e. The number of aryl methyl sites for hydroxylation is 2. The molecule has 148 valence electrons. The van der Waals surface area contributed by atoms with Crippen molar-refractivity contribution in [1.29, 1.82) is 0 Å². The highest BCUT2D eigenvalue weighted by atomic mass is 127. The second kappa shape index (κ2) is 11.0. The zero-order valence-corrected chi connectivity index (χ0v) is 19.3. The number of likely N-dealkylation sites (tertiary alicyclic amines) is 1. The average molecular weight is 499 g/mol. The largest absolute Gasteiger partial charge is 0.370 e. The van der Waals surface area contributed by atoms with Crippen LogP contribution in [0.4, 0.5) is 5.69 Å². The van der Waals surface area contributed by atoms with Crippen molar-refractivity contribution in [1.82, 2.24) is 9.88 Å². The van der Waals surface area contributed by atoms with Crippen LogP contribution >= 0.6 is 35.3 Å². The van der Waals surface area contributed by atoms with Gasteiger partial charge in [-0.15, -0.1) is 35.3 Å². The molecule has 0 saturated carbocycles. The van der Waals surface area contributed by atoms with Crippen LogP contribution in [0.25, 0.3) is 0 Å². The number of aliphatic imine (C=N–C) groups is 1. The Hall–Kier alpha value is -1.19. The van der Waals surface area contributed by atoms with Crippen molar-refractivity contribution in [3.63, 3.8) is 0 Å². The van der Waals surface area contributed by atoms with E-state index < -0.39 is 0 Å². The predicted molar refractivity (Wildman–Crippen MR) is 126 cm³/mol. The Balaban J connectivity index is 0.00000261. The van der Waals surface area contributed by atoms with Crippen LogP contribution in [0.15, 0.2) is 34.6 Å². The lowest BCUT2D eigenvalue weighted by Gasteiger charge is -2.30. The number of guanidine groups is 1. The molecule has 1 aromatic carbocycles. The summed E-state index contributed by atoms with van der Waals surface area (Å²) < 4.78 is 0. The number of anilines is 1. The number of piperidine rings is 1. The lowest BCUT2D eigenvalue weighted by atomic mass is 9.97. The van der Waals surface area contributed by atoms with Crippen LogP contribution in [0.1, 0.15) is 36.0 Å². The van der Waals surface area contributed by atoms with Crippen LogP contribution in [-0.2, 0) is 13.0 Å². The van der Waals surface area contributed by atoms with Crippen molar-refractivity contribution in [2.75, 3.05) is 25.0 Å². The molecule has 1 fully saturated rings. The topological polar surface area (TPSA) is 66.5 Å². The van der Waals surface area contributed by atoms with Gasteiger partial charge in [-0.3, -0.25) is 9.89 Å². The summed E-state index contributed by atoms with van der Waals surface area (Å²) in [7, 11) is 0. The third-order valence-electron chi connectivity index (χ3n) is 4.84. The minimum Gasteiger partial charge on any atom is -0.370 e. The zero-order chi connectivity index (χ0) is 18.4. The standard InChI is InChI=1S/C20H29N5S.HI/c1-3-19-23-18(14-26-19)13-25-10-8-16(9-11-25)12-22-20(21)24-17-6-4-15(2)5-7-17;/h4-7,14,16H,3,8-13H2,1-2H3,(H3,21,22,24);1H. The van der Waals surface area contributed by atoms with Gasteiger partial charge in [0.2, 0.25) is 0 Å². The second-order valence-corrected chi connectivity index (χ2v) is 7.97. The maximum atomic E-state index is 6.03. The summed E-state index contributed by atoms with van der Waals surface area (Å²) in [5.41, 5.74) is 9.47. The molecule has 2 aromatic rings. The molecular weight excluding hydrogens is 469 g/mol. The molecule has 3 N–H and O–H groups in total. The minimum atomic E-state index is 0. The van der Waals surface area contributed by atoms with Crippen molar-refractivity contribution in [2.24, 2.45) is 16.6 Å². The fraction of sp³-hybridized carbons (Fsp3) is 0.500. The summed E-state index contributed by atoms with van der Waals surface area (Å²) in [6.45, 7) is 8.24. The first-order valence-electron chi connectivity index (χ1n) is 9.41. The van der Waals surface area contributed by atoms with Crippen molar-refractivity contribution >= 4 is 47.0 Å². The van der Waals surface area contributed by atoms with E-state index in [-0.39, 0.29) is 24.0 Å². The Labute approximate surface area is 183 Å². The molecule has 7 heteroatoms. The van der Waals surface area contributed by atoms with Crippen molar-refractivity contribution in [3.8, 4) is 0 Å². The number of aromatic nitrogens is 1. The van der Waals surface area contributed by atoms with E-state index in [4.69, 9.17) is 5.73 Å². The number of nitrogens with two attached hydrogens (primary N) is 1. The van der Waals surface area contributed by atoms with Gasteiger partial charge in [-0.25, -0.2) is 4.98 Å². The number of nitrogens with one attached hydrogen (secondary N) is 1. The number of benzene rings is 1. The first kappa shape index (κ1) is 22.1. The summed E-state index contributed by atoms with van der Waals surface area (Å²) in [6, 6.07) is 8.19. The molecular formula is C20H30IN5S. The van der Waals surface area contributed by atoms with E-state index in [0.29, 0.717) is 11.9 Å². The van der Waals surface area contributed by atoms with Gasteiger partial charge in [-0.05, 0) is 57.3 Å². The highest BCUT2D eigenvalue weighted by molar-refractivity contribution is 14.0. The lowest BCUT2D eigenvalue weighted by molar-refractivity contribution is 0.179. The molecule has 1 saturated heterocycles. The molecule has 1 aromatic heterocycles. The molecule has 5 nitrogen and oxygen atoms in total. The van der Waals surface area contributed by atoms with E-state index >= 15 is 0 Å². The molecule has 2 heterocycles. The number of hydrogen-bond donors (Lipinski definition) is 2. The molecule has 0 unspecified atom stereocenters. The summed E-state index contributed by atoms with van der Waals surface area (Å²) in [4.78, 5) is 11.7. The summed E-state index contributed by atoms with van der Waals surface area (Å²) in [6.07, 6.45) is 3.38. The number of hydrogen-bond acceptors (Lipinski definition) is 4. The Kier molecular flexibility index (Phi) is 8.98. The Morgan fingerprint density at radius 1 is 1.30 bits per heavy atom. The normalized spacial score (nSPS) is 16.1. The third-order valence-corrected chi connectivity index (χ3v) is 5.88. The van der Waals surface area contributed by atoms with E-state index in [2.05, 4.69) is 51.6 Å². The number of thiazole rings is 1. The highest BCUT2D eigenvalue weighted by Crippen LogP contribution is 2.20. The van der Waals surface area contributed by atoms with Gasteiger partial charge in [0.15, 0.2) is 5.96 Å². The summed E-state index contributed by atoms with van der Waals surface area (Å²) >= 11 is 1.77. The number of halogens is 1. The summed E-state index contributed by atoms with van der Waals surface area (Å²) in [5.74, 6) is 1.12. The first-order chi connectivity index (χ1) is 12.6. The van der Waals surface area contributed by atoms with Gasteiger partial charge < -0.3 is 11.1 Å². The predicted octanol–water partition coefficient (Wildman–Crippen LogP) is 4.27. The van der Waals surface area contributed by atoms with Crippen LogP contribution in [0.2, 0.25) is 0 Å². The van der Waals surface area contributed by atoms with Gasteiger partial charge in [-0.1, -0.05) is 24.6 Å². The summed E-state index contributed by atoms with van der Waals surface area (Å²) in [5, 5.41) is 6.61. The van der Waals surface area contributed by atoms with Crippen LogP contribution in [0.3, 0.4) is 0 Å². The molecule has 0 atom stereocenters. The fourth-order valence-corrected chi connectivity index (χ4v) is 3.93. The molecule has 3 rings (SSSR count). The van der Waals surface area contributed by atoms with Crippen molar-refractivity contribution in [2.45, 2.75) is 39.7 Å². The van der Waals surface area contributed by atoms with Gasteiger partial charge in [0, 0.05) is 24.2 Å². The van der Waals surface area contributed by atoms with Crippen LogP contribution in [-0.4, -0.2) is 35.5 Å². The van der Waals surface area contributed by atoms with Gasteiger partial charge in [-0.2, -0.15) is 0 Å². The molecule has 27 heavy (non-hydrogen) atoms. The molecule has 0 spiro atoms. The molecule has 1 aliphatic rings. The Morgan fingerprint density at radius 2 is 2.00 bits per heavy atom. The molecule has 0 amide bonds. The Bertz CT molecular complexity index is 720. The van der Waals surface area contributed by atoms with Crippen LogP contribution in [0.5, 0.6) is 0 Å². The zero-order valence-electron chi connectivity index (χ0n) is 16.1. The van der Waals surface area contributed by atoms with E-state index in [9.17, 15) is 0 Å². The maximum absolute atomic E-state index is 6.03. The first-order valence-corrected chi connectivity index (χ1v) is 10.3. The number of nitrogens with zero attached hydrogens (tertiary/aromatic N) is 3. The quantitative estimate of drug-likeness (QED) is 0.354. The van der Waals surface area contributed by atoms with Gasteiger partial charge in [0.25, 0.3) is 0 Å². The number of rotatable bonds is 6. The van der Waals surface area contributed by atoms with Gasteiger partial charge in [0.05, 0.1) is 10.7 Å². The maximum Gasteiger partial charge on any atom is 0.193 e. The second-order valence-electron chi connectivity index (χ2n) is 7.02. The highest BCUT2D eigenvalue weighted by Gasteiger charge is 2.19. The molecule has 0 radical (unpaired) electrons. The monoisotopic (exact) mass is 499 g/mol. The van der Waals surface area contributed by atoms with Crippen molar-refractivity contribution in [3.05, 3.63) is 45.9 Å². The average Bonchev–Trinajstić information content (AvgIpc) is 3.11.